The van der Waals surface area contributed by atoms with Crippen LogP contribution in [-0.4, -0.2) is 97.0 Å². The van der Waals surface area contributed by atoms with Crippen molar-refractivity contribution < 1.29 is 38.0 Å². The van der Waals surface area contributed by atoms with E-state index in [9.17, 15) is 29.1 Å². The minimum Gasteiger partial charge on any atom is -0.508 e. The Kier molecular flexibility index (Phi) is 16.2. The number of hydrogen-bond acceptors (Lipinski definition) is 9. The largest absolute Gasteiger partial charge is 0.508 e. The number of rotatable bonds is 21. The van der Waals surface area contributed by atoms with E-state index in [1.54, 1.807) is 11.9 Å². The third-order valence-electron chi connectivity index (χ3n) is 8.72. The number of hydrogen-bond donors (Lipinski definition) is 5. The molecule has 1 fully saturated rings. The number of ether oxygens (including phenoxy) is 1. The quantitative estimate of drug-likeness (QED) is 0.0956. The van der Waals surface area contributed by atoms with Gasteiger partial charge in [-0.25, -0.2) is 0 Å². The lowest BCUT2D eigenvalue weighted by molar-refractivity contribution is -0.140. The molecule has 1 aliphatic rings. The van der Waals surface area contributed by atoms with Crippen LogP contribution in [0.1, 0.15) is 90.1 Å². The SMILES string of the molecule is [2H]Cc1cc(O)cc(C[2H])c1C[C@H](N[2H])C(=O)N[C@@H](CCSC)C(=O)NCC(=O)N[C@@H](CC1CCCCC1)C(=O)N(C)CCCCCC(=O)OC. The number of amides is 4. The van der Waals surface area contributed by atoms with Crippen molar-refractivity contribution in [2.24, 2.45) is 11.6 Å². The third-order valence-corrected chi connectivity index (χ3v) is 9.36. The van der Waals surface area contributed by atoms with Crippen molar-refractivity contribution in [1.82, 2.24) is 20.9 Å². The summed E-state index contributed by atoms with van der Waals surface area (Å²) in [6.45, 7) is -0.304. The fourth-order valence-electron chi connectivity index (χ4n) is 5.90. The van der Waals surface area contributed by atoms with Gasteiger partial charge in [0.05, 0.1) is 19.7 Å². The lowest BCUT2D eigenvalue weighted by Crippen LogP contribution is -2.54. The van der Waals surface area contributed by atoms with Crippen molar-refractivity contribution in [2.45, 2.75) is 109 Å². The molecule has 0 saturated heterocycles. The maximum absolute atomic E-state index is 13.5. The predicted octanol–water partition coefficient (Wildman–Crippen LogP) is 2.88. The number of nitrogens with zero attached hydrogens (tertiary/aromatic N) is 1. The Morgan fingerprint density at radius 2 is 1.77 bits per heavy atom. The fraction of sp³-hybridized carbons (Fsp3) is 0.686. The highest BCUT2D eigenvalue weighted by atomic mass is 32.2. The molecule has 0 spiro atoms. The summed E-state index contributed by atoms with van der Waals surface area (Å²) >= 11 is 1.48. The number of phenolic OH excluding ortho intramolecular Hbond substituents is 1. The van der Waals surface area contributed by atoms with E-state index in [2.05, 4.69) is 26.4 Å². The van der Waals surface area contributed by atoms with Crippen LogP contribution in [0.5, 0.6) is 5.75 Å². The average molecular weight is 695 g/mol. The van der Waals surface area contributed by atoms with Gasteiger partial charge in [0.15, 0.2) is 0 Å². The van der Waals surface area contributed by atoms with Gasteiger partial charge in [-0.15, -0.1) is 0 Å². The van der Waals surface area contributed by atoms with Gasteiger partial charge in [0.25, 0.3) is 0 Å². The van der Waals surface area contributed by atoms with Gasteiger partial charge in [-0.3, -0.25) is 24.0 Å². The molecule has 0 radical (unpaired) electrons. The summed E-state index contributed by atoms with van der Waals surface area (Å²) in [6, 6.07) is -0.0716. The highest BCUT2D eigenvalue weighted by molar-refractivity contribution is 7.98. The molecule has 13 heteroatoms. The van der Waals surface area contributed by atoms with E-state index in [0.29, 0.717) is 60.6 Å². The Balaban J connectivity index is 2.05. The van der Waals surface area contributed by atoms with Gasteiger partial charge in [-0.2, -0.15) is 11.8 Å². The molecular formula is C35H57N5O7S. The number of esters is 1. The molecule has 2 rings (SSSR count). The third kappa shape index (κ3) is 14.4. The highest BCUT2D eigenvalue weighted by Crippen LogP contribution is 2.28. The Hall–Kier alpha value is -3.32. The van der Waals surface area contributed by atoms with E-state index in [1.807, 2.05) is 6.26 Å². The van der Waals surface area contributed by atoms with Gasteiger partial charge >= 0.3 is 5.97 Å². The summed E-state index contributed by atoms with van der Waals surface area (Å²) in [4.78, 5) is 66.3. The number of thioether (sulfide) groups is 1. The van der Waals surface area contributed by atoms with Crippen molar-refractivity contribution in [1.29, 1.82) is 0 Å². The number of aromatic hydroxyl groups is 1. The number of aryl methyl sites for hydroxylation is 2. The molecule has 0 aliphatic heterocycles. The minimum atomic E-state index is -1.12. The highest BCUT2D eigenvalue weighted by Gasteiger charge is 2.29. The molecule has 1 aliphatic carbocycles. The van der Waals surface area contributed by atoms with E-state index in [1.165, 1.54) is 31.0 Å². The second-order valence-corrected chi connectivity index (χ2v) is 13.6. The van der Waals surface area contributed by atoms with Crippen molar-refractivity contribution in [3.05, 3.63) is 28.8 Å². The van der Waals surface area contributed by atoms with Crippen molar-refractivity contribution in [3.8, 4) is 5.75 Å². The topological polar surface area (TPSA) is 180 Å². The number of carbonyl (C=O) groups is 5. The maximum Gasteiger partial charge on any atom is 0.305 e. The molecule has 0 bridgehead atoms. The van der Waals surface area contributed by atoms with E-state index in [-0.39, 0.29) is 44.3 Å². The summed E-state index contributed by atoms with van der Waals surface area (Å²) in [7, 11) is 3.05. The van der Waals surface area contributed by atoms with Crippen LogP contribution >= 0.6 is 11.8 Å². The van der Waals surface area contributed by atoms with Gasteiger partial charge in [0.2, 0.25) is 23.6 Å². The van der Waals surface area contributed by atoms with Gasteiger partial charge in [0, 0.05) is 22.8 Å². The molecule has 0 heterocycles. The first-order valence-corrected chi connectivity index (χ1v) is 18.1. The zero-order chi connectivity index (χ0) is 37.8. The first-order valence-electron chi connectivity index (χ1n) is 18.7. The molecule has 270 valence electrons. The number of benzene rings is 1. The van der Waals surface area contributed by atoms with Gasteiger partial charge < -0.3 is 36.4 Å². The summed E-state index contributed by atoms with van der Waals surface area (Å²) in [5, 5.41) is 18.1. The second kappa shape index (κ2) is 21.6. The van der Waals surface area contributed by atoms with Crippen LogP contribution in [0, 0.1) is 19.7 Å². The monoisotopic (exact) mass is 694 g/mol. The maximum atomic E-state index is 13.5. The van der Waals surface area contributed by atoms with Crippen LogP contribution in [0.2, 0.25) is 1.41 Å². The fourth-order valence-corrected chi connectivity index (χ4v) is 6.37. The van der Waals surface area contributed by atoms with Crippen molar-refractivity contribution in [2.75, 3.05) is 39.3 Å². The van der Waals surface area contributed by atoms with Crippen LogP contribution in [0.4, 0.5) is 0 Å². The van der Waals surface area contributed by atoms with Crippen LogP contribution in [0.15, 0.2) is 12.1 Å². The van der Waals surface area contributed by atoms with Crippen molar-refractivity contribution in [3.63, 3.8) is 0 Å². The lowest BCUT2D eigenvalue weighted by Gasteiger charge is -2.29. The lowest BCUT2D eigenvalue weighted by atomic mass is 9.84. The van der Waals surface area contributed by atoms with Crippen molar-refractivity contribution >= 4 is 41.4 Å². The second-order valence-electron chi connectivity index (χ2n) is 12.6. The van der Waals surface area contributed by atoms with Gasteiger partial charge in [-0.05, 0) is 92.7 Å². The molecule has 0 unspecified atom stereocenters. The Labute approximate surface area is 294 Å². The zero-order valence-electron chi connectivity index (χ0n) is 31.7. The molecule has 4 amide bonds. The van der Waals surface area contributed by atoms with Gasteiger partial charge in [-0.1, -0.05) is 38.5 Å². The molecule has 1 aromatic rings. The van der Waals surface area contributed by atoms with Crippen LogP contribution in [0.3, 0.4) is 0 Å². The van der Waals surface area contributed by atoms with E-state index in [0.717, 1.165) is 38.5 Å². The predicted molar refractivity (Wildman–Crippen MR) is 188 cm³/mol. The van der Waals surface area contributed by atoms with E-state index < -0.39 is 42.4 Å². The number of unbranched alkanes of at least 4 members (excludes halogenated alkanes) is 2. The first-order chi connectivity index (χ1) is 24.5. The van der Waals surface area contributed by atoms with Crippen LogP contribution < -0.4 is 21.7 Å². The first kappa shape index (κ1) is 36.0. The Bertz CT molecular complexity index is 1260. The Morgan fingerprint density at radius 3 is 2.40 bits per heavy atom. The summed E-state index contributed by atoms with van der Waals surface area (Å²) in [6.07, 6.45) is 10.3. The molecule has 48 heavy (non-hydrogen) atoms. The molecule has 6 N–H and O–H groups in total. The molecular weight excluding hydrogens is 634 g/mol. The number of carbonyl (C=O) groups excluding carboxylic acids is 5. The van der Waals surface area contributed by atoms with Crippen LogP contribution in [-0.2, 0) is 35.1 Å². The number of phenols is 1. The van der Waals surface area contributed by atoms with Gasteiger partial charge in [0.1, 0.15) is 19.2 Å². The molecule has 0 aromatic heterocycles. The number of likely N-dealkylation sites (N-methyl/N-ethyl adjacent to an activating group) is 1. The minimum absolute atomic E-state index is 0.0321. The molecule has 3 atom stereocenters. The summed E-state index contributed by atoms with van der Waals surface area (Å²) in [5.41, 5.74) is 3.61. The Morgan fingerprint density at radius 1 is 1.06 bits per heavy atom. The number of nitrogens with one attached hydrogen (secondary N) is 3. The van der Waals surface area contributed by atoms with E-state index in [4.69, 9.17) is 4.15 Å². The zero-order valence-corrected chi connectivity index (χ0v) is 29.6. The standard InChI is InChI=1S/C35H57N5O7S/c1-23-18-26(41)19-24(2)27(23)21-28(36)33(44)39-29(15-17-48-5)34(45)37-22-31(42)38-30(20-25-12-8-6-9-13-25)35(46)40(3)16-11-7-10-14-32(43)47-4/h18-19,25,28-30,41H,6-17,20-22,36H2,1-5H3,(H,37,45)(H,38,42)(H,39,44)/t28-,29-,30-/m0/s1/i1D,2D/hD. The number of methoxy groups -OCH3 is 1. The molecule has 1 aromatic carbocycles. The van der Waals surface area contributed by atoms with Crippen LogP contribution in [0.25, 0.3) is 0 Å². The number of nitrogens with two attached hydrogens (primary N) is 1. The van der Waals surface area contributed by atoms with E-state index >= 15 is 0 Å². The normalized spacial score (nSPS) is 15.9. The molecule has 12 nitrogen and oxygen atoms in total. The average Bonchev–Trinajstić information content (AvgIpc) is 3.13. The molecule has 1 saturated carbocycles. The smallest absolute Gasteiger partial charge is 0.305 e. The summed E-state index contributed by atoms with van der Waals surface area (Å²) < 4.78 is 28.1. The summed E-state index contributed by atoms with van der Waals surface area (Å²) in [5.74, 6) is -1.47.